The van der Waals surface area contributed by atoms with E-state index in [1.165, 1.54) is 0 Å². The van der Waals surface area contributed by atoms with Gasteiger partial charge in [0.05, 0.1) is 17.3 Å². The highest BCUT2D eigenvalue weighted by Gasteiger charge is 2.12. The summed E-state index contributed by atoms with van der Waals surface area (Å²) in [5.74, 6) is 1.47. The van der Waals surface area contributed by atoms with Gasteiger partial charge in [-0.15, -0.1) is 0 Å². The monoisotopic (exact) mass is 308 g/mol. The molecule has 3 rings (SSSR count). The SMILES string of the molecule is CC(=NOCc1ccccc1C#N)c1ccc2c(c1)OCCO2. The molecule has 0 amide bonds. The fourth-order valence-electron chi connectivity index (χ4n) is 2.27. The molecule has 23 heavy (non-hydrogen) atoms. The molecular weight excluding hydrogens is 292 g/mol. The second-order valence-corrected chi connectivity index (χ2v) is 5.08. The Morgan fingerprint density at radius 2 is 1.96 bits per heavy atom. The molecule has 0 unspecified atom stereocenters. The summed E-state index contributed by atoms with van der Waals surface area (Å²) in [4.78, 5) is 5.39. The minimum atomic E-state index is 0.256. The zero-order valence-electron chi connectivity index (χ0n) is 12.8. The van der Waals surface area contributed by atoms with E-state index in [9.17, 15) is 0 Å². The first-order valence-electron chi connectivity index (χ1n) is 7.32. The summed E-state index contributed by atoms with van der Waals surface area (Å²) < 4.78 is 11.1. The number of ether oxygens (including phenoxy) is 2. The van der Waals surface area contributed by atoms with Crippen LogP contribution >= 0.6 is 0 Å². The summed E-state index contributed by atoms with van der Waals surface area (Å²) in [5.41, 5.74) is 3.05. The van der Waals surface area contributed by atoms with Gasteiger partial charge in [0.25, 0.3) is 0 Å². The average molecular weight is 308 g/mol. The molecule has 0 N–H and O–H groups in total. The normalized spacial score (nSPS) is 13.3. The van der Waals surface area contributed by atoms with Crippen molar-refractivity contribution in [3.05, 3.63) is 59.2 Å². The second kappa shape index (κ2) is 6.84. The van der Waals surface area contributed by atoms with E-state index < -0.39 is 0 Å². The molecule has 0 atom stereocenters. The highest BCUT2D eigenvalue weighted by Crippen LogP contribution is 2.30. The molecule has 0 bridgehead atoms. The third-order valence-corrected chi connectivity index (χ3v) is 3.52. The summed E-state index contributed by atoms with van der Waals surface area (Å²) in [6, 6.07) is 15.1. The maximum absolute atomic E-state index is 9.05. The van der Waals surface area contributed by atoms with Gasteiger partial charge in [-0.1, -0.05) is 23.4 Å². The quantitative estimate of drug-likeness (QED) is 0.642. The van der Waals surface area contributed by atoms with E-state index in [0.717, 1.165) is 28.3 Å². The molecule has 2 aromatic carbocycles. The van der Waals surface area contributed by atoms with E-state index >= 15 is 0 Å². The largest absolute Gasteiger partial charge is 0.486 e. The van der Waals surface area contributed by atoms with Crippen molar-refractivity contribution in [3.8, 4) is 17.6 Å². The molecule has 0 radical (unpaired) electrons. The Labute approximate surface area is 134 Å². The van der Waals surface area contributed by atoms with Crippen LogP contribution in [0, 0.1) is 11.3 Å². The van der Waals surface area contributed by atoms with Gasteiger partial charge in [0.2, 0.25) is 0 Å². The van der Waals surface area contributed by atoms with Crippen molar-refractivity contribution in [2.75, 3.05) is 13.2 Å². The van der Waals surface area contributed by atoms with E-state index in [1.54, 1.807) is 6.07 Å². The maximum atomic E-state index is 9.05. The van der Waals surface area contributed by atoms with Crippen molar-refractivity contribution in [1.82, 2.24) is 0 Å². The Balaban J connectivity index is 1.69. The third-order valence-electron chi connectivity index (χ3n) is 3.52. The fourth-order valence-corrected chi connectivity index (χ4v) is 2.27. The van der Waals surface area contributed by atoms with Crippen molar-refractivity contribution in [2.24, 2.45) is 5.16 Å². The van der Waals surface area contributed by atoms with Crippen molar-refractivity contribution < 1.29 is 14.3 Å². The lowest BCUT2D eigenvalue weighted by Crippen LogP contribution is -2.15. The number of rotatable bonds is 4. The molecule has 0 saturated heterocycles. The number of benzene rings is 2. The van der Waals surface area contributed by atoms with Crippen LogP contribution in [0.2, 0.25) is 0 Å². The van der Waals surface area contributed by atoms with Crippen molar-refractivity contribution in [3.63, 3.8) is 0 Å². The summed E-state index contributed by atoms with van der Waals surface area (Å²) in [6.07, 6.45) is 0. The van der Waals surface area contributed by atoms with Gasteiger partial charge in [-0.05, 0) is 31.2 Å². The number of oxime groups is 1. The van der Waals surface area contributed by atoms with Gasteiger partial charge in [0.1, 0.15) is 19.8 Å². The van der Waals surface area contributed by atoms with Gasteiger partial charge >= 0.3 is 0 Å². The molecule has 1 heterocycles. The fraction of sp³-hybridized carbons (Fsp3) is 0.222. The number of nitriles is 1. The Morgan fingerprint density at radius 3 is 2.78 bits per heavy atom. The number of hydrogen-bond donors (Lipinski definition) is 0. The van der Waals surface area contributed by atoms with Crippen LogP contribution < -0.4 is 9.47 Å². The van der Waals surface area contributed by atoms with Gasteiger partial charge in [-0.2, -0.15) is 5.26 Å². The molecule has 0 saturated carbocycles. The average Bonchev–Trinajstić information content (AvgIpc) is 2.61. The topological polar surface area (TPSA) is 63.8 Å². The van der Waals surface area contributed by atoms with Gasteiger partial charge < -0.3 is 14.3 Å². The Kier molecular flexibility index (Phi) is 4.44. The lowest BCUT2D eigenvalue weighted by molar-refractivity contribution is 0.130. The van der Waals surface area contributed by atoms with Gasteiger partial charge in [-0.25, -0.2) is 0 Å². The molecule has 0 aromatic heterocycles. The minimum absolute atomic E-state index is 0.256. The van der Waals surface area contributed by atoms with Crippen LogP contribution in [0.1, 0.15) is 23.6 Å². The first-order valence-corrected chi connectivity index (χ1v) is 7.32. The Bertz CT molecular complexity index is 778. The summed E-state index contributed by atoms with van der Waals surface area (Å²) >= 11 is 0. The summed E-state index contributed by atoms with van der Waals surface area (Å²) in [6.45, 7) is 3.24. The molecule has 5 nitrogen and oxygen atoms in total. The summed E-state index contributed by atoms with van der Waals surface area (Å²) in [7, 11) is 0. The molecule has 0 fully saturated rings. The highest BCUT2D eigenvalue weighted by atomic mass is 16.6. The Hall–Kier alpha value is -3.00. The van der Waals surface area contributed by atoms with E-state index in [-0.39, 0.29) is 6.61 Å². The van der Waals surface area contributed by atoms with Crippen LogP contribution in [0.15, 0.2) is 47.6 Å². The van der Waals surface area contributed by atoms with Crippen LogP contribution in [0.3, 0.4) is 0 Å². The van der Waals surface area contributed by atoms with Gasteiger partial charge in [0.15, 0.2) is 11.5 Å². The molecule has 116 valence electrons. The standard InChI is InChI=1S/C18H16N2O3/c1-13(14-6-7-17-18(10-14)22-9-8-21-17)20-23-12-16-5-3-2-4-15(16)11-19/h2-7,10H,8-9,12H2,1H3. The minimum Gasteiger partial charge on any atom is -0.486 e. The predicted molar refractivity (Wildman–Crippen MR) is 85.6 cm³/mol. The van der Waals surface area contributed by atoms with Crippen LogP contribution in [0.5, 0.6) is 11.5 Å². The van der Waals surface area contributed by atoms with Crippen molar-refractivity contribution >= 4 is 5.71 Å². The first kappa shape index (κ1) is 14.9. The Morgan fingerprint density at radius 1 is 1.17 bits per heavy atom. The van der Waals surface area contributed by atoms with Crippen LogP contribution in [-0.2, 0) is 11.4 Å². The lowest BCUT2D eigenvalue weighted by atomic mass is 10.1. The number of nitrogens with zero attached hydrogens (tertiary/aromatic N) is 2. The van der Waals surface area contributed by atoms with Gasteiger partial charge in [0, 0.05) is 11.1 Å². The van der Waals surface area contributed by atoms with Crippen molar-refractivity contribution in [2.45, 2.75) is 13.5 Å². The van der Waals surface area contributed by atoms with E-state index in [2.05, 4.69) is 11.2 Å². The van der Waals surface area contributed by atoms with Gasteiger partial charge in [-0.3, -0.25) is 0 Å². The van der Waals surface area contributed by atoms with E-state index in [1.807, 2.05) is 43.3 Å². The van der Waals surface area contributed by atoms with E-state index in [4.69, 9.17) is 19.6 Å². The summed E-state index contributed by atoms with van der Waals surface area (Å²) in [5, 5.41) is 13.2. The third kappa shape index (κ3) is 3.43. The zero-order valence-corrected chi connectivity index (χ0v) is 12.8. The molecular formula is C18H16N2O3. The van der Waals surface area contributed by atoms with Crippen LogP contribution in [0.4, 0.5) is 0 Å². The second-order valence-electron chi connectivity index (χ2n) is 5.08. The van der Waals surface area contributed by atoms with Crippen molar-refractivity contribution in [1.29, 1.82) is 5.26 Å². The maximum Gasteiger partial charge on any atom is 0.162 e. The predicted octanol–water partition coefficient (Wildman–Crippen LogP) is 3.27. The first-order chi connectivity index (χ1) is 11.3. The highest BCUT2D eigenvalue weighted by molar-refractivity contribution is 5.98. The zero-order chi connectivity index (χ0) is 16.1. The molecule has 1 aliphatic rings. The smallest absolute Gasteiger partial charge is 0.162 e. The van der Waals surface area contributed by atoms with E-state index in [0.29, 0.717) is 18.8 Å². The van der Waals surface area contributed by atoms with Crippen LogP contribution in [-0.4, -0.2) is 18.9 Å². The molecule has 0 aliphatic carbocycles. The number of fused-ring (bicyclic) bond motifs is 1. The number of hydrogen-bond acceptors (Lipinski definition) is 5. The molecule has 5 heteroatoms. The molecule has 2 aromatic rings. The van der Waals surface area contributed by atoms with Crippen LogP contribution in [0.25, 0.3) is 0 Å². The molecule has 0 spiro atoms. The lowest BCUT2D eigenvalue weighted by Gasteiger charge is -2.18. The molecule has 1 aliphatic heterocycles.